The first-order valence-electron chi connectivity index (χ1n) is 9.31. The molecule has 2 aromatic carbocycles. The van der Waals surface area contributed by atoms with E-state index < -0.39 is 4.92 Å². The van der Waals surface area contributed by atoms with Crippen LogP contribution in [0.1, 0.15) is 5.56 Å². The smallest absolute Gasteiger partial charge is 0.294 e. The summed E-state index contributed by atoms with van der Waals surface area (Å²) in [6, 6.07) is 9.98. The van der Waals surface area contributed by atoms with Gasteiger partial charge in [0.25, 0.3) is 5.69 Å². The molecule has 0 unspecified atom stereocenters. The number of carbonyl (C=O) groups is 1. The van der Waals surface area contributed by atoms with Crippen LogP contribution in [0.2, 0.25) is 5.02 Å². The van der Waals surface area contributed by atoms with Crippen LogP contribution in [0.25, 0.3) is 6.08 Å². The summed E-state index contributed by atoms with van der Waals surface area (Å²) in [5.41, 5.74) is 1.21. The molecule has 8 nitrogen and oxygen atoms in total. The van der Waals surface area contributed by atoms with Gasteiger partial charge in [-0.1, -0.05) is 11.6 Å². The molecule has 0 spiro atoms. The summed E-state index contributed by atoms with van der Waals surface area (Å²) in [6.07, 6.45) is 3.19. The first-order chi connectivity index (χ1) is 14.4. The van der Waals surface area contributed by atoms with Gasteiger partial charge in [-0.25, -0.2) is 0 Å². The van der Waals surface area contributed by atoms with E-state index in [1.54, 1.807) is 55.5 Å². The molecule has 0 radical (unpaired) electrons. The number of nitro benzene ring substituents is 1. The van der Waals surface area contributed by atoms with E-state index in [1.807, 2.05) is 4.90 Å². The van der Waals surface area contributed by atoms with E-state index in [9.17, 15) is 14.9 Å². The number of anilines is 1. The molecule has 1 fully saturated rings. The fourth-order valence-electron chi connectivity index (χ4n) is 3.31. The molecule has 1 aliphatic heterocycles. The fraction of sp³-hybridized carbons (Fsp3) is 0.286. The quantitative estimate of drug-likeness (QED) is 0.394. The van der Waals surface area contributed by atoms with Crippen LogP contribution < -0.4 is 14.4 Å². The summed E-state index contributed by atoms with van der Waals surface area (Å²) < 4.78 is 10.5. The summed E-state index contributed by atoms with van der Waals surface area (Å²) in [4.78, 5) is 27.1. The minimum absolute atomic E-state index is 0.0349. The molecule has 0 saturated carbocycles. The summed E-state index contributed by atoms with van der Waals surface area (Å²) >= 11 is 5.89. The Morgan fingerprint density at radius 1 is 1.10 bits per heavy atom. The zero-order valence-corrected chi connectivity index (χ0v) is 17.5. The predicted molar refractivity (Wildman–Crippen MR) is 115 cm³/mol. The van der Waals surface area contributed by atoms with Crippen molar-refractivity contribution in [3.63, 3.8) is 0 Å². The number of nitrogens with zero attached hydrogens (tertiary/aromatic N) is 3. The summed E-state index contributed by atoms with van der Waals surface area (Å²) in [7, 11) is 3.14. The topological polar surface area (TPSA) is 85.2 Å². The second-order valence-corrected chi connectivity index (χ2v) is 7.08. The molecule has 30 heavy (non-hydrogen) atoms. The first kappa shape index (κ1) is 21.4. The second-order valence-electron chi connectivity index (χ2n) is 6.64. The van der Waals surface area contributed by atoms with Crippen molar-refractivity contribution in [2.45, 2.75) is 0 Å². The maximum atomic E-state index is 12.6. The number of halogens is 1. The van der Waals surface area contributed by atoms with Crippen molar-refractivity contribution in [3.05, 3.63) is 63.2 Å². The maximum absolute atomic E-state index is 12.6. The normalized spacial score (nSPS) is 14.1. The molecule has 1 saturated heterocycles. The van der Waals surface area contributed by atoms with Gasteiger partial charge in [0.2, 0.25) is 5.91 Å². The molecule has 0 atom stereocenters. The SMILES string of the molecule is COc1ccc(OC)c(C=CC(=O)N2CCN(c3ccc(Cl)cc3[N+](=O)[O-])CC2)c1. The molecule has 9 heteroatoms. The molecule has 0 aromatic heterocycles. The molecule has 0 N–H and O–H groups in total. The lowest BCUT2D eigenvalue weighted by atomic mass is 10.1. The minimum atomic E-state index is -0.441. The third-order valence-corrected chi connectivity index (χ3v) is 5.14. The molecule has 1 aliphatic rings. The van der Waals surface area contributed by atoms with Crippen molar-refractivity contribution in [2.24, 2.45) is 0 Å². The van der Waals surface area contributed by atoms with Crippen LogP contribution in [0.3, 0.4) is 0 Å². The highest BCUT2D eigenvalue weighted by Gasteiger charge is 2.25. The molecule has 158 valence electrons. The Morgan fingerprint density at radius 3 is 2.47 bits per heavy atom. The highest BCUT2D eigenvalue weighted by molar-refractivity contribution is 6.30. The van der Waals surface area contributed by atoms with Crippen molar-refractivity contribution in [1.29, 1.82) is 0 Å². The van der Waals surface area contributed by atoms with Gasteiger partial charge in [-0.15, -0.1) is 0 Å². The standard InChI is InChI=1S/C21H22ClN3O5/c1-29-17-5-7-20(30-2)15(13-17)3-8-21(26)24-11-9-23(10-12-24)18-6-4-16(22)14-19(18)25(27)28/h3-8,13-14H,9-12H2,1-2H3. The zero-order valence-electron chi connectivity index (χ0n) is 16.7. The first-order valence-corrected chi connectivity index (χ1v) is 9.68. The monoisotopic (exact) mass is 431 g/mol. The number of methoxy groups -OCH3 is 2. The van der Waals surface area contributed by atoms with Crippen LogP contribution in [-0.2, 0) is 4.79 Å². The predicted octanol–water partition coefficient (Wildman–Crippen LogP) is 3.63. The molecule has 0 bridgehead atoms. The van der Waals surface area contributed by atoms with Gasteiger partial charge < -0.3 is 19.3 Å². The van der Waals surface area contributed by atoms with Crippen LogP contribution in [0.4, 0.5) is 11.4 Å². The van der Waals surface area contributed by atoms with E-state index in [2.05, 4.69) is 0 Å². The fourth-order valence-corrected chi connectivity index (χ4v) is 3.48. The largest absolute Gasteiger partial charge is 0.497 e. The summed E-state index contributed by atoms with van der Waals surface area (Å²) in [5.74, 6) is 1.17. The molecule has 1 heterocycles. The molecule has 3 rings (SSSR count). The van der Waals surface area contributed by atoms with Crippen LogP contribution in [0.15, 0.2) is 42.5 Å². The van der Waals surface area contributed by atoms with E-state index in [0.29, 0.717) is 48.4 Å². The van der Waals surface area contributed by atoms with Crippen molar-refractivity contribution < 1.29 is 19.2 Å². The minimum Gasteiger partial charge on any atom is -0.497 e. The number of benzene rings is 2. The lowest BCUT2D eigenvalue weighted by Crippen LogP contribution is -2.48. The third-order valence-electron chi connectivity index (χ3n) is 4.91. The molecule has 1 amide bonds. The molecule has 2 aromatic rings. The maximum Gasteiger partial charge on any atom is 0.294 e. The van der Waals surface area contributed by atoms with Crippen molar-refractivity contribution in [2.75, 3.05) is 45.3 Å². The number of carbonyl (C=O) groups excluding carboxylic acids is 1. The lowest BCUT2D eigenvalue weighted by molar-refractivity contribution is -0.384. The van der Waals surface area contributed by atoms with Gasteiger partial charge in [0.15, 0.2) is 0 Å². The Hall–Kier alpha value is -3.26. The van der Waals surface area contributed by atoms with Crippen LogP contribution >= 0.6 is 11.6 Å². The zero-order chi connectivity index (χ0) is 21.7. The van der Waals surface area contributed by atoms with E-state index in [-0.39, 0.29) is 11.6 Å². The summed E-state index contributed by atoms with van der Waals surface area (Å²) in [6.45, 7) is 1.89. The van der Waals surface area contributed by atoms with Gasteiger partial charge in [-0.3, -0.25) is 14.9 Å². The number of hydrogen-bond acceptors (Lipinski definition) is 6. The van der Waals surface area contributed by atoms with Crippen molar-refractivity contribution in [1.82, 2.24) is 4.90 Å². The number of nitro groups is 1. The molecular weight excluding hydrogens is 410 g/mol. The van der Waals surface area contributed by atoms with Gasteiger partial charge in [-0.05, 0) is 36.4 Å². The number of amides is 1. The number of hydrogen-bond donors (Lipinski definition) is 0. The Labute approximate surface area is 179 Å². The van der Waals surface area contributed by atoms with E-state index in [0.717, 1.165) is 5.56 Å². The Balaban J connectivity index is 1.67. The average Bonchev–Trinajstić information content (AvgIpc) is 2.77. The molecular formula is C21H22ClN3O5. The number of ether oxygens (including phenoxy) is 2. The Morgan fingerprint density at radius 2 is 1.83 bits per heavy atom. The number of rotatable bonds is 6. The van der Waals surface area contributed by atoms with Gasteiger partial charge in [0.1, 0.15) is 17.2 Å². The van der Waals surface area contributed by atoms with Crippen molar-refractivity contribution >= 4 is 35.0 Å². The average molecular weight is 432 g/mol. The highest BCUT2D eigenvalue weighted by Crippen LogP contribution is 2.31. The van der Waals surface area contributed by atoms with Crippen LogP contribution in [-0.4, -0.2) is 56.1 Å². The van der Waals surface area contributed by atoms with E-state index in [4.69, 9.17) is 21.1 Å². The van der Waals surface area contributed by atoms with Gasteiger partial charge in [0, 0.05) is 48.9 Å². The third kappa shape index (κ3) is 4.83. The van der Waals surface area contributed by atoms with Crippen LogP contribution in [0.5, 0.6) is 11.5 Å². The summed E-state index contributed by atoms with van der Waals surface area (Å²) in [5, 5.41) is 11.7. The van der Waals surface area contributed by atoms with Crippen LogP contribution in [0, 0.1) is 10.1 Å². The Bertz CT molecular complexity index is 971. The Kier molecular flexibility index (Phi) is 6.79. The second kappa shape index (κ2) is 9.49. The van der Waals surface area contributed by atoms with Gasteiger partial charge >= 0.3 is 0 Å². The van der Waals surface area contributed by atoms with Crippen molar-refractivity contribution in [3.8, 4) is 11.5 Å². The highest BCUT2D eigenvalue weighted by atomic mass is 35.5. The molecule has 0 aliphatic carbocycles. The lowest BCUT2D eigenvalue weighted by Gasteiger charge is -2.35. The van der Waals surface area contributed by atoms with Gasteiger partial charge in [-0.2, -0.15) is 0 Å². The van der Waals surface area contributed by atoms with Gasteiger partial charge in [0.05, 0.1) is 19.1 Å². The number of piperazine rings is 1. The van der Waals surface area contributed by atoms with E-state index in [1.165, 1.54) is 12.1 Å². The van der Waals surface area contributed by atoms with E-state index >= 15 is 0 Å².